The van der Waals surface area contributed by atoms with E-state index in [0.717, 1.165) is 36.6 Å². The van der Waals surface area contributed by atoms with Gasteiger partial charge < -0.3 is 11.5 Å². The van der Waals surface area contributed by atoms with Crippen LogP contribution in [0.15, 0.2) is 41.1 Å². The van der Waals surface area contributed by atoms with E-state index in [1.165, 1.54) is 16.2 Å². The summed E-state index contributed by atoms with van der Waals surface area (Å²) in [5.74, 6) is 0.587. The van der Waals surface area contributed by atoms with Gasteiger partial charge in [-0.15, -0.1) is 51.0 Å². The maximum atomic E-state index is 6.08. The molecule has 5 heterocycles. The first kappa shape index (κ1) is 17.3. The highest BCUT2D eigenvalue weighted by Crippen LogP contribution is 2.43. The number of anilines is 2. The third-order valence-corrected chi connectivity index (χ3v) is 6.78. The van der Waals surface area contributed by atoms with E-state index < -0.39 is 0 Å². The van der Waals surface area contributed by atoms with Gasteiger partial charge in [0.1, 0.15) is 10.6 Å². The smallest absolute Gasteiger partial charge is 0.222 e. The van der Waals surface area contributed by atoms with E-state index in [4.69, 9.17) is 16.5 Å². The standard InChI is InChI=1S/C17H11N5S3.BrH/c18-15-14-13(21-17(19)22-15)12-8(10-3-1-5-23-10)7-9(20-16(12)25-14)11-4-2-6-24-11;/h1-7H,(H4,18,19,21,22);1H. The van der Waals surface area contributed by atoms with Crippen LogP contribution in [0.4, 0.5) is 11.8 Å². The summed E-state index contributed by atoms with van der Waals surface area (Å²) in [4.78, 5) is 16.6. The lowest BCUT2D eigenvalue weighted by molar-refractivity contribution is 1.26. The number of pyridine rings is 1. The Morgan fingerprint density at radius 2 is 1.62 bits per heavy atom. The van der Waals surface area contributed by atoms with Crippen LogP contribution < -0.4 is 11.5 Å². The van der Waals surface area contributed by atoms with Crippen molar-refractivity contribution in [1.82, 2.24) is 15.0 Å². The monoisotopic (exact) mass is 461 g/mol. The molecule has 26 heavy (non-hydrogen) atoms. The molecule has 0 radical (unpaired) electrons. The number of hydrogen-bond acceptors (Lipinski definition) is 8. The summed E-state index contributed by atoms with van der Waals surface area (Å²) < 4.78 is 0.831. The molecule has 0 aromatic carbocycles. The van der Waals surface area contributed by atoms with E-state index in [2.05, 4.69) is 38.9 Å². The van der Waals surface area contributed by atoms with Crippen molar-refractivity contribution in [3.05, 3.63) is 41.1 Å². The second kappa shape index (κ2) is 6.58. The van der Waals surface area contributed by atoms with Gasteiger partial charge in [0.2, 0.25) is 5.95 Å². The van der Waals surface area contributed by atoms with E-state index in [1.54, 1.807) is 22.7 Å². The van der Waals surface area contributed by atoms with Crippen LogP contribution in [0.3, 0.4) is 0 Å². The quantitative estimate of drug-likeness (QED) is 0.365. The highest BCUT2D eigenvalue weighted by Gasteiger charge is 2.19. The van der Waals surface area contributed by atoms with Crippen molar-refractivity contribution in [2.75, 3.05) is 11.5 Å². The highest BCUT2D eigenvalue weighted by atomic mass is 79.9. The normalized spacial score (nSPS) is 11.1. The fourth-order valence-corrected chi connectivity index (χ4v) is 5.33. The van der Waals surface area contributed by atoms with Crippen molar-refractivity contribution in [3.63, 3.8) is 0 Å². The summed E-state index contributed by atoms with van der Waals surface area (Å²) in [6, 6.07) is 10.4. The molecule has 5 nitrogen and oxygen atoms in total. The van der Waals surface area contributed by atoms with Crippen molar-refractivity contribution in [2.24, 2.45) is 0 Å². The van der Waals surface area contributed by atoms with Gasteiger partial charge in [0.25, 0.3) is 0 Å². The van der Waals surface area contributed by atoms with Gasteiger partial charge in [0, 0.05) is 15.8 Å². The molecule has 0 bridgehead atoms. The zero-order chi connectivity index (χ0) is 17.0. The SMILES string of the molecule is Br.Nc1nc(N)c2sc3nc(-c4cccs4)cc(-c4cccs4)c3c2n1. The molecule has 0 aliphatic rings. The topological polar surface area (TPSA) is 90.7 Å². The van der Waals surface area contributed by atoms with Crippen molar-refractivity contribution >= 4 is 83.2 Å². The van der Waals surface area contributed by atoms with Crippen LogP contribution in [0.5, 0.6) is 0 Å². The average molecular weight is 462 g/mol. The average Bonchev–Trinajstić information content (AvgIpc) is 3.34. The molecule has 9 heteroatoms. The van der Waals surface area contributed by atoms with Crippen LogP contribution >= 0.6 is 51.0 Å². The van der Waals surface area contributed by atoms with E-state index in [-0.39, 0.29) is 22.9 Å². The molecule has 0 unspecified atom stereocenters. The Balaban J connectivity index is 0.00000168. The van der Waals surface area contributed by atoms with Gasteiger partial charge in [-0.25, -0.2) is 9.97 Å². The number of aromatic nitrogens is 3. The van der Waals surface area contributed by atoms with Crippen LogP contribution in [-0.2, 0) is 0 Å². The van der Waals surface area contributed by atoms with Gasteiger partial charge in [-0.05, 0) is 29.0 Å². The van der Waals surface area contributed by atoms with Gasteiger partial charge >= 0.3 is 0 Å². The minimum Gasteiger partial charge on any atom is -0.382 e. The maximum absolute atomic E-state index is 6.08. The zero-order valence-corrected chi connectivity index (χ0v) is 17.3. The predicted molar refractivity (Wildman–Crippen MR) is 118 cm³/mol. The van der Waals surface area contributed by atoms with E-state index in [0.29, 0.717) is 5.82 Å². The molecule has 0 amide bonds. The molecule has 0 aliphatic heterocycles. The molecular formula is C17H12BrN5S3. The number of hydrogen-bond donors (Lipinski definition) is 2. The largest absolute Gasteiger partial charge is 0.382 e. The summed E-state index contributed by atoms with van der Waals surface area (Å²) in [6.07, 6.45) is 0. The number of nitrogen functional groups attached to an aromatic ring is 2. The molecule has 0 fully saturated rings. The van der Waals surface area contributed by atoms with Gasteiger partial charge in [0.15, 0.2) is 0 Å². The lowest BCUT2D eigenvalue weighted by Gasteiger charge is -2.05. The third-order valence-electron chi connectivity index (χ3n) is 3.89. The summed E-state index contributed by atoms with van der Waals surface area (Å²) in [6.45, 7) is 0. The Morgan fingerprint density at radius 3 is 2.31 bits per heavy atom. The molecule has 5 rings (SSSR count). The number of thiophene rings is 3. The van der Waals surface area contributed by atoms with Crippen LogP contribution in [0.1, 0.15) is 0 Å². The zero-order valence-electron chi connectivity index (χ0n) is 13.2. The Hall–Kier alpha value is -2.07. The van der Waals surface area contributed by atoms with Gasteiger partial charge in [-0.3, -0.25) is 0 Å². The fourth-order valence-electron chi connectivity index (χ4n) is 2.85. The fraction of sp³-hybridized carbons (Fsp3) is 0. The number of halogens is 1. The lowest BCUT2D eigenvalue weighted by atomic mass is 10.1. The van der Waals surface area contributed by atoms with Crippen molar-refractivity contribution in [3.8, 4) is 21.0 Å². The summed E-state index contributed by atoms with van der Waals surface area (Å²) in [5.41, 5.74) is 14.8. The molecule has 0 aliphatic carbocycles. The Kier molecular flexibility index (Phi) is 4.39. The molecule has 5 aromatic heterocycles. The third kappa shape index (κ3) is 2.67. The van der Waals surface area contributed by atoms with Crippen LogP contribution in [0.25, 0.3) is 41.4 Å². The Morgan fingerprint density at radius 1 is 0.885 bits per heavy atom. The maximum Gasteiger partial charge on any atom is 0.222 e. The van der Waals surface area contributed by atoms with Gasteiger partial charge in [-0.2, -0.15) is 4.98 Å². The van der Waals surface area contributed by atoms with Crippen molar-refractivity contribution in [1.29, 1.82) is 0 Å². The molecule has 0 saturated heterocycles. The number of nitrogens with zero attached hydrogens (tertiary/aromatic N) is 3. The molecule has 0 spiro atoms. The molecule has 0 saturated carbocycles. The van der Waals surface area contributed by atoms with Gasteiger partial charge in [0.05, 0.1) is 20.8 Å². The molecule has 4 N–H and O–H groups in total. The van der Waals surface area contributed by atoms with E-state index in [1.807, 2.05) is 12.1 Å². The first-order valence-corrected chi connectivity index (χ1v) is 10.0. The van der Waals surface area contributed by atoms with Gasteiger partial charge in [-0.1, -0.05) is 12.1 Å². The lowest BCUT2D eigenvalue weighted by Crippen LogP contribution is -1.98. The van der Waals surface area contributed by atoms with Crippen LogP contribution in [-0.4, -0.2) is 15.0 Å². The number of fused-ring (bicyclic) bond motifs is 3. The molecule has 130 valence electrons. The van der Waals surface area contributed by atoms with Crippen LogP contribution in [0.2, 0.25) is 0 Å². The Bertz CT molecular complexity index is 1210. The van der Waals surface area contributed by atoms with E-state index in [9.17, 15) is 0 Å². The second-order valence-electron chi connectivity index (χ2n) is 5.44. The first-order valence-electron chi connectivity index (χ1n) is 7.44. The molecule has 5 aromatic rings. The molecular weight excluding hydrogens is 450 g/mol. The summed E-state index contributed by atoms with van der Waals surface area (Å²) in [7, 11) is 0. The summed E-state index contributed by atoms with van der Waals surface area (Å²) >= 11 is 4.88. The Labute approximate surface area is 171 Å². The number of nitrogens with two attached hydrogens (primary N) is 2. The minimum absolute atomic E-state index is 0. The number of rotatable bonds is 2. The van der Waals surface area contributed by atoms with Crippen molar-refractivity contribution in [2.45, 2.75) is 0 Å². The van der Waals surface area contributed by atoms with Crippen molar-refractivity contribution < 1.29 is 0 Å². The van der Waals surface area contributed by atoms with Crippen LogP contribution in [0, 0.1) is 0 Å². The highest BCUT2D eigenvalue weighted by molar-refractivity contribution is 8.93. The minimum atomic E-state index is 0. The van der Waals surface area contributed by atoms with E-state index >= 15 is 0 Å². The predicted octanol–water partition coefficient (Wildman–Crippen LogP) is 5.44. The second-order valence-corrected chi connectivity index (χ2v) is 8.33. The first-order chi connectivity index (χ1) is 12.2. The molecule has 0 atom stereocenters. The summed E-state index contributed by atoms with van der Waals surface area (Å²) in [5, 5.41) is 5.11.